The Balaban J connectivity index is 0.00000324. The van der Waals surface area contributed by atoms with Gasteiger partial charge in [-0.3, -0.25) is 4.99 Å². The second kappa shape index (κ2) is 11.3. The molecule has 0 spiro atoms. The molecule has 0 radical (unpaired) electrons. The monoisotopic (exact) mass is 441 g/mol. The zero-order valence-corrected chi connectivity index (χ0v) is 15.2. The van der Waals surface area contributed by atoms with Gasteiger partial charge in [0.1, 0.15) is 12.4 Å². The van der Waals surface area contributed by atoms with E-state index in [4.69, 9.17) is 4.74 Å². The van der Waals surface area contributed by atoms with Crippen molar-refractivity contribution in [3.05, 3.63) is 28.7 Å². The molecular weight excluding hydrogens is 421 g/mol. The maximum absolute atomic E-state index is 5.59. The number of hydrogen-bond acceptors (Lipinski definition) is 2. The molecule has 0 unspecified atom stereocenters. The lowest BCUT2D eigenvalue weighted by Gasteiger charge is -2.11. The maximum Gasteiger partial charge on any atom is 0.191 e. The first-order valence-electron chi connectivity index (χ1n) is 6.09. The molecule has 4 nitrogen and oxygen atoms in total. The summed E-state index contributed by atoms with van der Waals surface area (Å²) in [7, 11) is 1.76. The zero-order valence-electron chi connectivity index (χ0n) is 11.3. The Morgan fingerprint density at radius 3 is 2.42 bits per heavy atom. The number of aliphatic imine (C=N–C) groups is 1. The standard InChI is InChI=1S/C13H20BrN3O.HI/c1-3-8-16-13(15-2)17-9-10-18-12-6-4-11(14)5-7-12;/h4-7H,3,8-10H2,1-2H3,(H2,15,16,17);1H. The Labute approximate surface area is 140 Å². The lowest BCUT2D eigenvalue weighted by atomic mass is 10.3. The molecule has 0 aromatic heterocycles. The smallest absolute Gasteiger partial charge is 0.191 e. The molecule has 2 N–H and O–H groups in total. The van der Waals surface area contributed by atoms with Crippen molar-refractivity contribution in [1.82, 2.24) is 10.6 Å². The van der Waals surface area contributed by atoms with Gasteiger partial charge >= 0.3 is 0 Å². The van der Waals surface area contributed by atoms with Gasteiger partial charge in [-0.2, -0.15) is 0 Å². The predicted octanol–water partition coefficient (Wildman–Crippen LogP) is 3.02. The number of rotatable bonds is 6. The van der Waals surface area contributed by atoms with E-state index in [0.29, 0.717) is 6.61 Å². The van der Waals surface area contributed by atoms with Crippen molar-refractivity contribution < 1.29 is 4.74 Å². The van der Waals surface area contributed by atoms with E-state index in [0.717, 1.165) is 35.7 Å². The minimum atomic E-state index is 0. The summed E-state index contributed by atoms with van der Waals surface area (Å²) < 4.78 is 6.65. The van der Waals surface area contributed by atoms with Crippen molar-refractivity contribution in [3.63, 3.8) is 0 Å². The summed E-state index contributed by atoms with van der Waals surface area (Å²) in [4.78, 5) is 4.11. The van der Waals surface area contributed by atoms with Crippen LogP contribution in [0, 0.1) is 0 Å². The summed E-state index contributed by atoms with van der Waals surface area (Å²) in [5.41, 5.74) is 0. The second-order valence-corrected chi connectivity index (χ2v) is 4.64. The van der Waals surface area contributed by atoms with Crippen molar-refractivity contribution in [2.75, 3.05) is 26.7 Å². The lowest BCUT2D eigenvalue weighted by molar-refractivity contribution is 0.322. The molecule has 0 aliphatic carbocycles. The molecule has 0 heterocycles. The van der Waals surface area contributed by atoms with E-state index >= 15 is 0 Å². The van der Waals surface area contributed by atoms with Gasteiger partial charge in [-0.05, 0) is 30.7 Å². The molecule has 0 aliphatic rings. The topological polar surface area (TPSA) is 45.7 Å². The van der Waals surface area contributed by atoms with Crippen molar-refractivity contribution in [3.8, 4) is 5.75 Å². The normalized spacial score (nSPS) is 10.6. The van der Waals surface area contributed by atoms with E-state index in [1.807, 2.05) is 24.3 Å². The number of hydrogen-bond donors (Lipinski definition) is 2. The summed E-state index contributed by atoms with van der Waals surface area (Å²) in [6.07, 6.45) is 1.08. The van der Waals surface area contributed by atoms with Gasteiger partial charge in [-0.1, -0.05) is 22.9 Å². The first-order valence-corrected chi connectivity index (χ1v) is 6.88. The van der Waals surface area contributed by atoms with Crippen LogP contribution in [0.3, 0.4) is 0 Å². The van der Waals surface area contributed by atoms with E-state index in [1.54, 1.807) is 7.05 Å². The Kier molecular flexibility index (Phi) is 11.0. The first kappa shape index (κ1) is 18.5. The summed E-state index contributed by atoms with van der Waals surface area (Å²) >= 11 is 3.39. The molecule has 1 aromatic carbocycles. The van der Waals surface area contributed by atoms with Crippen LogP contribution >= 0.6 is 39.9 Å². The van der Waals surface area contributed by atoms with E-state index in [2.05, 4.69) is 38.5 Å². The van der Waals surface area contributed by atoms with Gasteiger partial charge in [0, 0.05) is 18.1 Å². The molecule has 0 aliphatic heterocycles. The lowest BCUT2D eigenvalue weighted by Crippen LogP contribution is -2.39. The van der Waals surface area contributed by atoms with Crippen LogP contribution in [-0.4, -0.2) is 32.7 Å². The first-order chi connectivity index (χ1) is 8.76. The van der Waals surface area contributed by atoms with Gasteiger partial charge in [-0.25, -0.2) is 0 Å². The van der Waals surface area contributed by atoms with Gasteiger partial charge < -0.3 is 15.4 Å². The number of ether oxygens (including phenoxy) is 1. The van der Waals surface area contributed by atoms with Crippen LogP contribution in [0.15, 0.2) is 33.7 Å². The quantitative estimate of drug-likeness (QED) is 0.308. The number of nitrogens with zero attached hydrogens (tertiary/aromatic N) is 1. The molecule has 1 rings (SSSR count). The average molecular weight is 442 g/mol. The van der Waals surface area contributed by atoms with Crippen LogP contribution in [0.5, 0.6) is 5.75 Å². The molecule has 0 bridgehead atoms. The Morgan fingerprint density at radius 2 is 1.84 bits per heavy atom. The third-order valence-electron chi connectivity index (χ3n) is 2.24. The van der Waals surface area contributed by atoms with Crippen LogP contribution in [0.1, 0.15) is 13.3 Å². The highest BCUT2D eigenvalue weighted by Crippen LogP contribution is 2.15. The van der Waals surface area contributed by atoms with Crippen molar-refractivity contribution in [1.29, 1.82) is 0 Å². The molecule has 6 heteroatoms. The second-order valence-electron chi connectivity index (χ2n) is 3.73. The molecule has 0 saturated heterocycles. The fourth-order valence-corrected chi connectivity index (χ4v) is 1.60. The number of benzene rings is 1. The van der Waals surface area contributed by atoms with Crippen molar-refractivity contribution in [2.45, 2.75) is 13.3 Å². The van der Waals surface area contributed by atoms with Gasteiger partial charge in [-0.15, -0.1) is 24.0 Å². The van der Waals surface area contributed by atoms with Gasteiger partial charge in [0.15, 0.2) is 5.96 Å². The summed E-state index contributed by atoms with van der Waals surface area (Å²) in [5.74, 6) is 1.69. The van der Waals surface area contributed by atoms with E-state index in [9.17, 15) is 0 Å². The number of guanidine groups is 1. The largest absolute Gasteiger partial charge is 0.492 e. The Hall–Kier alpha value is -0.500. The molecule has 0 fully saturated rings. The molecule has 1 aromatic rings. The molecular formula is C13H21BrIN3O. The number of halogens is 2. The summed E-state index contributed by atoms with van der Waals surface area (Å²) in [5, 5.41) is 6.39. The zero-order chi connectivity index (χ0) is 13.2. The Morgan fingerprint density at radius 1 is 1.21 bits per heavy atom. The number of nitrogens with one attached hydrogen (secondary N) is 2. The van der Waals surface area contributed by atoms with E-state index in [-0.39, 0.29) is 24.0 Å². The molecule has 108 valence electrons. The molecule has 0 saturated carbocycles. The minimum Gasteiger partial charge on any atom is -0.492 e. The van der Waals surface area contributed by atoms with Gasteiger partial charge in [0.2, 0.25) is 0 Å². The molecule has 0 atom stereocenters. The van der Waals surface area contributed by atoms with E-state index in [1.165, 1.54) is 0 Å². The highest BCUT2D eigenvalue weighted by atomic mass is 127. The van der Waals surface area contributed by atoms with E-state index < -0.39 is 0 Å². The molecule has 19 heavy (non-hydrogen) atoms. The van der Waals surface area contributed by atoms with Crippen LogP contribution in [0.2, 0.25) is 0 Å². The van der Waals surface area contributed by atoms with Crippen molar-refractivity contribution in [2.24, 2.45) is 4.99 Å². The van der Waals surface area contributed by atoms with Crippen molar-refractivity contribution >= 4 is 45.9 Å². The maximum atomic E-state index is 5.59. The van der Waals surface area contributed by atoms with Gasteiger partial charge in [0.25, 0.3) is 0 Å². The van der Waals surface area contributed by atoms with Crippen LogP contribution in [-0.2, 0) is 0 Å². The Bertz CT molecular complexity index is 371. The van der Waals surface area contributed by atoms with Crippen LogP contribution in [0.25, 0.3) is 0 Å². The third-order valence-corrected chi connectivity index (χ3v) is 2.77. The highest BCUT2D eigenvalue weighted by Gasteiger charge is 1.96. The highest BCUT2D eigenvalue weighted by molar-refractivity contribution is 14.0. The SMILES string of the molecule is CCCNC(=NC)NCCOc1ccc(Br)cc1.I. The summed E-state index contributed by atoms with van der Waals surface area (Å²) in [6, 6.07) is 7.80. The average Bonchev–Trinajstić information content (AvgIpc) is 2.40. The fraction of sp³-hybridized carbons (Fsp3) is 0.462. The summed E-state index contributed by atoms with van der Waals surface area (Å²) in [6.45, 7) is 4.37. The third kappa shape index (κ3) is 8.30. The predicted molar refractivity (Wildman–Crippen MR) is 94.7 cm³/mol. The minimum absolute atomic E-state index is 0. The molecule has 0 amide bonds. The fourth-order valence-electron chi connectivity index (χ4n) is 1.33. The van der Waals surface area contributed by atoms with Crippen LogP contribution in [0.4, 0.5) is 0 Å². The van der Waals surface area contributed by atoms with Crippen LogP contribution < -0.4 is 15.4 Å². The van der Waals surface area contributed by atoms with Gasteiger partial charge in [0.05, 0.1) is 6.54 Å².